The smallest absolute Gasteiger partial charge is 0.264 e. The van der Waals surface area contributed by atoms with Gasteiger partial charge in [0.05, 0.1) is 23.0 Å². The molecule has 1 unspecified atom stereocenters. The maximum Gasteiger partial charge on any atom is 0.264 e. The average Bonchev–Trinajstić information content (AvgIpc) is 3.57. The number of nitrogens with zero attached hydrogens (tertiary/aromatic N) is 4. The van der Waals surface area contributed by atoms with Crippen LogP contribution in [0.5, 0.6) is 0 Å². The van der Waals surface area contributed by atoms with Crippen molar-refractivity contribution in [2.45, 2.75) is 25.4 Å². The molecular formula is C25H18N6O6. The Bertz CT molecular complexity index is 1600. The number of fused-ring (bicyclic) bond motifs is 2. The van der Waals surface area contributed by atoms with Crippen LogP contribution in [0.3, 0.4) is 0 Å². The molecule has 1 atom stereocenters. The number of anilines is 1. The summed E-state index contributed by atoms with van der Waals surface area (Å²) in [6.07, 6.45) is 1.62. The number of para-hydroxylation sites is 1. The molecule has 0 aliphatic carbocycles. The first-order valence-corrected chi connectivity index (χ1v) is 11.4. The molecule has 12 nitrogen and oxygen atoms in total. The largest absolute Gasteiger partial charge is 0.454 e. The van der Waals surface area contributed by atoms with Gasteiger partial charge in [0, 0.05) is 11.8 Å². The number of rotatable bonds is 5. The highest BCUT2D eigenvalue weighted by Gasteiger charge is 2.45. The molecular weight excluding hydrogens is 480 g/mol. The molecule has 2 aromatic carbocycles. The molecule has 0 saturated carbocycles. The second-order valence-corrected chi connectivity index (χ2v) is 8.67. The molecule has 2 aliphatic heterocycles. The number of aromatic nitrogens is 3. The van der Waals surface area contributed by atoms with Crippen LogP contribution in [0.15, 0.2) is 59.1 Å². The fourth-order valence-corrected chi connectivity index (χ4v) is 4.55. The minimum absolute atomic E-state index is 0.00731. The van der Waals surface area contributed by atoms with Crippen LogP contribution in [0, 0.1) is 0 Å². The van der Waals surface area contributed by atoms with Crippen molar-refractivity contribution in [3.8, 4) is 11.5 Å². The molecule has 0 bridgehead atoms. The van der Waals surface area contributed by atoms with Crippen LogP contribution in [-0.2, 0) is 20.9 Å². The zero-order valence-corrected chi connectivity index (χ0v) is 19.1. The third-order valence-electron chi connectivity index (χ3n) is 6.26. The topological polar surface area (TPSA) is 156 Å². The average molecular weight is 498 g/mol. The van der Waals surface area contributed by atoms with Gasteiger partial charge in [0.2, 0.25) is 17.7 Å². The molecule has 12 heteroatoms. The summed E-state index contributed by atoms with van der Waals surface area (Å²) in [4.78, 5) is 63.5. The SMILES string of the molecule is O=C1CCC(N2C(=O)c3cccc(NC(=O)Cn4cc(-c5cc6ccccc6o5)nn4)c3C2=O)C(=O)N1. The second-order valence-electron chi connectivity index (χ2n) is 8.67. The van der Waals surface area contributed by atoms with Crippen molar-refractivity contribution in [1.82, 2.24) is 25.2 Å². The van der Waals surface area contributed by atoms with Gasteiger partial charge in [0.1, 0.15) is 23.9 Å². The predicted octanol–water partition coefficient (Wildman–Crippen LogP) is 1.73. The molecule has 0 spiro atoms. The number of furan rings is 1. The fourth-order valence-electron chi connectivity index (χ4n) is 4.55. The van der Waals surface area contributed by atoms with Crippen LogP contribution in [0.4, 0.5) is 5.69 Å². The Morgan fingerprint density at radius 3 is 2.73 bits per heavy atom. The normalized spacial score (nSPS) is 17.3. The Labute approximate surface area is 208 Å². The summed E-state index contributed by atoms with van der Waals surface area (Å²) in [5, 5.41) is 13.8. The highest BCUT2D eigenvalue weighted by Crippen LogP contribution is 2.32. The van der Waals surface area contributed by atoms with Gasteiger partial charge in [-0.05, 0) is 30.7 Å². The first-order valence-electron chi connectivity index (χ1n) is 11.4. The fraction of sp³-hybridized carbons (Fsp3) is 0.160. The number of carbonyl (C=O) groups is 5. The van der Waals surface area contributed by atoms with E-state index >= 15 is 0 Å². The zero-order valence-electron chi connectivity index (χ0n) is 19.1. The molecule has 1 saturated heterocycles. The number of hydrogen-bond acceptors (Lipinski definition) is 8. The summed E-state index contributed by atoms with van der Waals surface area (Å²) < 4.78 is 7.10. The molecule has 4 heterocycles. The van der Waals surface area contributed by atoms with E-state index in [9.17, 15) is 24.0 Å². The monoisotopic (exact) mass is 498 g/mol. The van der Waals surface area contributed by atoms with Gasteiger partial charge in [-0.25, -0.2) is 4.68 Å². The molecule has 0 radical (unpaired) electrons. The highest BCUT2D eigenvalue weighted by molar-refractivity contribution is 6.26. The second kappa shape index (κ2) is 8.52. The van der Waals surface area contributed by atoms with Gasteiger partial charge in [-0.15, -0.1) is 5.10 Å². The molecule has 1 fully saturated rings. The minimum Gasteiger partial charge on any atom is -0.454 e. The quantitative estimate of drug-likeness (QED) is 0.394. The molecule has 5 amide bonds. The van der Waals surface area contributed by atoms with Crippen molar-refractivity contribution < 1.29 is 28.4 Å². The number of amides is 5. The van der Waals surface area contributed by atoms with Gasteiger partial charge in [0.15, 0.2) is 5.76 Å². The molecule has 184 valence electrons. The van der Waals surface area contributed by atoms with Crippen LogP contribution in [0.25, 0.3) is 22.4 Å². The predicted molar refractivity (Wildman–Crippen MR) is 127 cm³/mol. The van der Waals surface area contributed by atoms with Gasteiger partial charge in [-0.3, -0.25) is 34.2 Å². The Balaban J connectivity index is 1.19. The van der Waals surface area contributed by atoms with Crippen molar-refractivity contribution in [2.75, 3.05) is 5.32 Å². The van der Waals surface area contributed by atoms with E-state index in [2.05, 4.69) is 20.9 Å². The number of carbonyl (C=O) groups excluding carboxylic acids is 5. The third-order valence-corrected chi connectivity index (χ3v) is 6.26. The van der Waals surface area contributed by atoms with Crippen LogP contribution in [0.1, 0.15) is 33.6 Å². The Kier molecular flexibility index (Phi) is 5.14. The number of benzene rings is 2. The minimum atomic E-state index is -1.10. The van der Waals surface area contributed by atoms with Crippen molar-refractivity contribution in [2.24, 2.45) is 0 Å². The van der Waals surface area contributed by atoms with Crippen molar-refractivity contribution >= 4 is 46.2 Å². The lowest BCUT2D eigenvalue weighted by molar-refractivity contribution is -0.136. The summed E-state index contributed by atoms with van der Waals surface area (Å²) >= 11 is 0. The Morgan fingerprint density at radius 2 is 1.92 bits per heavy atom. The molecule has 6 rings (SSSR count). The van der Waals surface area contributed by atoms with Crippen LogP contribution < -0.4 is 10.6 Å². The maximum atomic E-state index is 13.2. The zero-order chi connectivity index (χ0) is 25.7. The van der Waals surface area contributed by atoms with E-state index in [0.717, 1.165) is 10.3 Å². The molecule has 2 aliphatic rings. The van der Waals surface area contributed by atoms with Gasteiger partial charge >= 0.3 is 0 Å². The molecule has 4 aromatic rings. The van der Waals surface area contributed by atoms with Gasteiger partial charge in [-0.2, -0.15) is 0 Å². The summed E-state index contributed by atoms with van der Waals surface area (Å²) in [6, 6.07) is 12.7. The van der Waals surface area contributed by atoms with E-state index in [1.807, 2.05) is 30.3 Å². The Hall–Kier alpha value is -5.13. The lowest BCUT2D eigenvalue weighted by atomic mass is 10.0. The summed E-state index contributed by atoms with van der Waals surface area (Å²) in [5.74, 6) is -2.53. The van der Waals surface area contributed by atoms with E-state index in [4.69, 9.17) is 4.42 Å². The van der Waals surface area contributed by atoms with Gasteiger partial charge in [-0.1, -0.05) is 29.5 Å². The number of nitrogens with one attached hydrogen (secondary N) is 2. The third kappa shape index (κ3) is 3.84. The van der Waals surface area contributed by atoms with E-state index in [0.29, 0.717) is 17.0 Å². The van der Waals surface area contributed by atoms with Crippen molar-refractivity contribution in [3.05, 3.63) is 65.9 Å². The molecule has 2 aromatic heterocycles. The number of hydrogen-bond donors (Lipinski definition) is 2. The Morgan fingerprint density at radius 1 is 1.08 bits per heavy atom. The van der Waals surface area contributed by atoms with Crippen LogP contribution >= 0.6 is 0 Å². The van der Waals surface area contributed by atoms with Crippen molar-refractivity contribution in [3.63, 3.8) is 0 Å². The van der Waals surface area contributed by atoms with E-state index in [1.54, 1.807) is 6.20 Å². The number of imide groups is 2. The standard InChI is InChI=1S/C25H18N6O6/c32-20-9-8-17(23(34)27-20)31-24(35)14-5-3-6-15(22(14)25(31)36)26-21(33)12-30-11-16(28-29-30)19-10-13-4-1-2-7-18(13)37-19/h1-7,10-11,17H,8-9,12H2,(H,26,33)(H,27,32,34). The van der Waals surface area contributed by atoms with Crippen molar-refractivity contribution in [1.29, 1.82) is 0 Å². The lowest BCUT2D eigenvalue weighted by Gasteiger charge is -2.27. The summed E-state index contributed by atoms with van der Waals surface area (Å²) in [7, 11) is 0. The highest BCUT2D eigenvalue weighted by atomic mass is 16.3. The first kappa shape index (κ1) is 22.3. The van der Waals surface area contributed by atoms with Gasteiger partial charge < -0.3 is 9.73 Å². The molecule has 2 N–H and O–H groups in total. The van der Waals surface area contributed by atoms with Crippen LogP contribution in [0.2, 0.25) is 0 Å². The lowest BCUT2D eigenvalue weighted by Crippen LogP contribution is -2.54. The summed E-state index contributed by atoms with van der Waals surface area (Å²) in [5.41, 5.74) is 1.35. The summed E-state index contributed by atoms with van der Waals surface area (Å²) in [6.45, 7) is -0.212. The van der Waals surface area contributed by atoms with Gasteiger partial charge in [0.25, 0.3) is 11.8 Å². The van der Waals surface area contributed by atoms with E-state index in [1.165, 1.54) is 22.9 Å². The van der Waals surface area contributed by atoms with E-state index in [-0.39, 0.29) is 36.2 Å². The number of piperidine rings is 1. The molecule has 37 heavy (non-hydrogen) atoms. The maximum absolute atomic E-state index is 13.2. The van der Waals surface area contributed by atoms with E-state index < -0.39 is 35.6 Å². The van der Waals surface area contributed by atoms with Crippen LogP contribution in [-0.4, -0.2) is 55.5 Å². The first-order chi connectivity index (χ1) is 17.9.